The van der Waals surface area contributed by atoms with Gasteiger partial charge in [-0.1, -0.05) is 61.1 Å². The van der Waals surface area contributed by atoms with Crippen LogP contribution in [0.15, 0.2) is 24.8 Å². The Morgan fingerprint density at radius 1 is 1.04 bits per heavy atom. The predicted octanol–water partition coefficient (Wildman–Crippen LogP) is 5.72. The molecule has 0 radical (unpaired) electrons. The summed E-state index contributed by atoms with van der Waals surface area (Å²) < 4.78 is 5.57. The summed E-state index contributed by atoms with van der Waals surface area (Å²) in [6.45, 7) is 19.0. The standard InChI is InChI=1S/C21H32O2/c1-9-15-13-18(23-19(22)10-2)17(21(7,8)12-4)14-16(15)20(5,6)11-3/h10,13-14H,2,9,11-12H2,1,3-8H3. The smallest absolute Gasteiger partial charge is 0.335 e. The second-order valence-electron chi connectivity index (χ2n) is 7.46. The van der Waals surface area contributed by atoms with Gasteiger partial charge in [-0.15, -0.1) is 0 Å². The minimum atomic E-state index is -0.400. The van der Waals surface area contributed by atoms with E-state index in [2.05, 4.69) is 67.2 Å². The van der Waals surface area contributed by atoms with Gasteiger partial charge in [0.25, 0.3) is 0 Å². The lowest BCUT2D eigenvalue weighted by Gasteiger charge is -2.32. The van der Waals surface area contributed by atoms with E-state index >= 15 is 0 Å². The first-order valence-corrected chi connectivity index (χ1v) is 8.65. The average molecular weight is 316 g/mol. The van der Waals surface area contributed by atoms with Gasteiger partial charge in [-0.2, -0.15) is 0 Å². The molecule has 128 valence electrons. The Bertz CT molecular complexity index is 580. The molecule has 0 N–H and O–H groups in total. The van der Waals surface area contributed by atoms with Gasteiger partial charge in [0.1, 0.15) is 5.75 Å². The Kier molecular flexibility index (Phi) is 6.21. The number of ether oxygens (including phenoxy) is 1. The normalized spacial score (nSPS) is 12.1. The van der Waals surface area contributed by atoms with Crippen molar-refractivity contribution in [1.29, 1.82) is 0 Å². The van der Waals surface area contributed by atoms with Crippen molar-refractivity contribution in [3.8, 4) is 5.75 Å². The molecular weight excluding hydrogens is 284 g/mol. The highest BCUT2D eigenvalue weighted by atomic mass is 16.5. The van der Waals surface area contributed by atoms with Crippen LogP contribution in [-0.2, 0) is 22.0 Å². The van der Waals surface area contributed by atoms with Gasteiger partial charge in [-0.05, 0) is 47.3 Å². The lowest BCUT2D eigenvalue weighted by atomic mass is 9.74. The SMILES string of the molecule is C=CC(=O)Oc1cc(CC)c(C(C)(C)CC)cc1C(C)(C)CC. The van der Waals surface area contributed by atoms with Crippen molar-refractivity contribution >= 4 is 5.97 Å². The molecule has 0 aromatic heterocycles. The number of hydrogen-bond donors (Lipinski definition) is 0. The molecule has 0 fully saturated rings. The zero-order valence-corrected chi connectivity index (χ0v) is 15.9. The summed E-state index contributed by atoms with van der Waals surface area (Å²) in [6, 6.07) is 4.32. The van der Waals surface area contributed by atoms with Crippen molar-refractivity contribution in [3.63, 3.8) is 0 Å². The van der Waals surface area contributed by atoms with Crippen LogP contribution in [0.1, 0.15) is 78.0 Å². The van der Waals surface area contributed by atoms with Gasteiger partial charge in [-0.25, -0.2) is 4.79 Å². The number of benzene rings is 1. The molecule has 0 aliphatic carbocycles. The van der Waals surface area contributed by atoms with E-state index in [0.717, 1.165) is 24.8 Å². The van der Waals surface area contributed by atoms with Crippen LogP contribution in [0, 0.1) is 0 Å². The van der Waals surface area contributed by atoms with Gasteiger partial charge in [0.15, 0.2) is 0 Å². The molecule has 2 heteroatoms. The second-order valence-corrected chi connectivity index (χ2v) is 7.46. The van der Waals surface area contributed by atoms with Gasteiger partial charge in [0.05, 0.1) is 0 Å². The molecule has 0 unspecified atom stereocenters. The van der Waals surface area contributed by atoms with E-state index in [-0.39, 0.29) is 10.8 Å². The lowest BCUT2D eigenvalue weighted by Crippen LogP contribution is -2.23. The van der Waals surface area contributed by atoms with E-state index in [1.165, 1.54) is 17.2 Å². The Balaban J connectivity index is 3.64. The molecule has 0 saturated carbocycles. The number of esters is 1. The molecule has 1 aromatic carbocycles. The largest absolute Gasteiger partial charge is 0.423 e. The maximum atomic E-state index is 11.7. The van der Waals surface area contributed by atoms with Crippen LogP contribution in [0.4, 0.5) is 0 Å². The van der Waals surface area contributed by atoms with E-state index in [1.807, 2.05) is 0 Å². The fraction of sp³-hybridized carbons (Fsp3) is 0.571. The number of hydrogen-bond acceptors (Lipinski definition) is 2. The highest BCUT2D eigenvalue weighted by molar-refractivity contribution is 5.83. The van der Waals surface area contributed by atoms with Gasteiger partial charge in [0, 0.05) is 11.6 Å². The van der Waals surface area contributed by atoms with Crippen LogP contribution in [0.5, 0.6) is 5.75 Å². The lowest BCUT2D eigenvalue weighted by molar-refractivity contribution is -0.129. The van der Waals surface area contributed by atoms with Crippen LogP contribution < -0.4 is 4.74 Å². The second kappa shape index (κ2) is 7.33. The van der Waals surface area contributed by atoms with Crippen LogP contribution >= 0.6 is 0 Å². The van der Waals surface area contributed by atoms with Crippen molar-refractivity contribution in [2.45, 2.75) is 78.6 Å². The van der Waals surface area contributed by atoms with Gasteiger partial charge < -0.3 is 4.74 Å². The fourth-order valence-corrected chi connectivity index (χ4v) is 2.69. The number of rotatable bonds is 7. The Morgan fingerprint density at radius 2 is 1.57 bits per heavy atom. The zero-order chi connectivity index (χ0) is 17.8. The summed E-state index contributed by atoms with van der Waals surface area (Å²) in [5, 5.41) is 0. The van der Waals surface area contributed by atoms with Crippen molar-refractivity contribution in [2.75, 3.05) is 0 Å². The molecule has 1 aromatic rings. The molecular formula is C21H32O2. The van der Waals surface area contributed by atoms with Crippen LogP contribution in [0.3, 0.4) is 0 Å². The summed E-state index contributed by atoms with van der Waals surface area (Å²) in [5.74, 6) is 0.275. The quantitative estimate of drug-likeness (QED) is 0.365. The van der Waals surface area contributed by atoms with E-state index < -0.39 is 5.97 Å². The third kappa shape index (κ3) is 4.25. The third-order valence-corrected chi connectivity index (χ3v) is 5.19. The maximum Gasteiger partial charge on any atom is 0.335 e. The molecule has 23 heavy (non-hydrogen) atoms. The first-order valence-electron chi connectivity index (χ1n) is 8.65. The van der Waals surface area contributed by atoms with Crippen molar-refractivity contribution in [2.24, 2.45) is 0 Å². The molecule has 0 amide bonds. The maximum absolute atomic E-state index is 11.7. The first kappa shape index (κ1) is 19.5. The summed E-state index contributed by atoms with van der Waals surface area (Å²) >= 11 is 0. The van der Waals surface area contributed by atoms with Crippen molar-refractivity contribution < 1.29 is 9.53 Å². The molecule has 0 aliphatic heterocycles. The Labute approximate surface area is 141 Å². The molecule has 0 aliphatic rings. The molecule has 2 nitrogen and oxygen atoms in total. The van der Waals surface area contributed by atoms with Crippen LogP contribution in [0.25, 0.3) is 0 Å². The Morgan fingerprint density at radius 3 is 2.00 bits per heavy atom. The summed E-state index contributed by atoms with van der Waals surface area (Å²) in [6.07, 6.45) is 4.18. The highest BCUT2D eigenvalue weighted by Gasteiger charge is 2.29. The number of carbonyl (C=O) groups excluding carboxylic acids is 1. The fourth-order valence-electron chi connectivity index (χ4n) is 2.69. The van der Waals surface area contributed by atoms with Gasteiger partial charge in [-0.3, -0.25) is 0 Å². The number of carbonyl (C=O) groups is 1. The molecule has 0 bridgehead atoms. The third-order valence-electron chi connectivity index (χ3n) is 5.19. The van der Waals surface area contributed by atoms with E-state index in [0.29, 0.717) is 5.75 Å². The molecule has 1 rings (SSSR count). The van der Waals surface area contributed by atoms with Gasteiger partial charge in [0.2, 0.25) is 0 Å². The molecule has 0 atom stereocenters. The summed E-state index contributed by atoms with van der Waals surface area (Å²) in [7, 11) is 0. The van der Waals surface area contributed by atoms with Crippen LogP contribution in [-0.4, -0.2) is 5.97 Å². The predicted molar refractivity (Wildman–Crippen MR) is 98.3 cm³/mol. The van der Waals surface area contributed by atoms with E-state index in [9.17, 15) is 4.79 Å². The van der Waals surface area contributed by atoms with Crippen molar-refractivity contribution in [1.82, 2.24) is 0 Å². The summed E-state index contributed by atoms with van der Waals surface area (Å²) in [5.41, 5.74) is 3.76. The minimum Gasteiger partial charge on any atom is -0.423 e. The molecule has 0 saturated heterocycles. The highest BCUT2D eigenvalue weighted by Crippen LogP contribution is 2.40. The topological polar surface area (TPSA) is 26.3 Å². The van der Waals surface area contributed by atoms with E-state index in [1.54, 1.807) is 0 Å². The van der Waals surface area contributed by atoms with Crippen molar-refractivity contribution in [3.05, 3.63) is 41.5 Å². The van der Waals surface area contributed by atoms with Crippen LogP contribution in [0.2, 0.25) is 0 Å². The minimum absolute atomic E-state index is 0.0539. The first-order chi connectivity index (χ1) is 10.6. The van der Waals surface area contributed by atoms with Gasteiger partial charge >= 0.3 is 5.97 Å². The van der Waals surface area contributed by atoms with E-state index in [4.69, 9.17) is 4.74 Å². The number of aryl methyl sites for hydroxylation is 1. The average Bonchev–Trinajstić information content (AvgIpc) is 2.53. The molecule has 0 heterocycles. The zero-order valence-electron chi connectivity index (χ0n) is 15.9. The monoisotopic (exact) mass is 316 g/mol. The molecule has 0 spiro atoms. The summed E-state index contributed by atoms with van der Waals surface area (Å²) in [4.78, 5) is 11.7. The Hall–Kier alpha value is -1.57.